The number of benzene rings is 1. The number of aromatic hydroxyl groups is 2. The van der Waals surface area contributed by atoms with Crippen LogP contribution in [-0.4, -0.2) is 51.3 Å². The van der Waals surface area contributed by atoms with Crippen molar-refractivity contribution in [3.8, 4) is 17.2 Å². The van der Waals surface area contributed by atoms with Gasteiger partial charge < -0.3 is 24.4 Å². The number of ether oxygens (including phenoxy) is 3. The zero-order valence-corrected chi connectivity index (χ0v) is 18.2. The van der Waals surface area contributed by atoms with Crippen LogP contribution in [0.15, 0.2) is 35.4 Å². The first-order chi connectivity index (χ1) is 14.4. The molecular weight excluding hydrogens is 400 g/mol. The molecule has 1 saturated heterocycles. The minimum atomic E-state index is -1.48. The third kappa shape index (κ3) is 2.16. The summed E-state index contributed by atoms with van der Waals surface area (Å²) < 4.78 is 18.9. The summed E-state index contributed by atoms with van der Waals surface area (Å²) in [5.74, 6) is -1.65. The first kappa shape index (κ1) is 20.3. The molecule has 1 aromatic carbocycles. The second-order valence-electron chi connectivity index (χ2n) is 9.76. The molecule has 3 aliphatic carbocycles. The Hall–Kier alpha value is -2.64. The SMILES string of the molecule is CO[C@@]12C=C3C(=O)c4c(O)cc(O)cc4O[C@@]34[C@@H](C1)C(C)(C)O[C@@]4(CC=C(C)C)C2=O. The molecule has 5 aliphatic rings. The van der Waals surface area contributed by atoms with Crippen molar-refractivity contribution in [2.45, 2.75) is 62.9 Å². The number of phenolic OH excluding ortho intramolecular Hbond substituents is 2. The van der Waals surface area contributed by atoms with Gasteiger partial charge in [0.1, 0.15) is 28.4 Å². The molecule has 164 valence electrons. The molecular formula is C24H26O7. The molecule has 0 unspecified atom stereocenters. The molecule has 6 rings (SSSR count). The maximum atomic E-state index is 14.0. The quantitative estimate of drug-likeness (QED) is 0.716. The van der Waals surface area contributed by atoms with E-state index in [0.717, 1.165) is 11.6 Å². The molecule has 1 saturated carbocycles. The normalized spacial score (nSPS) is 36.4. The Labute approximate surface area is 180 Å². The third-order valence-electron chi connectivity index (χ3n) is 7.37. The molecule has 31 heavy (non-hydrogen) atoms. The molecule has 4 atom stereocenters. The molecule has 7 heteroatoms. The second kappa shape index (κ2) is 5.78. The van der Waals surface area contributed by atoms with Crippen molar-refractivity contribution in [1.82, 2.24) is 0 Å². The molecule has 2 fully saturated rings. The lowest BCUT2D eigenvalue weighted by Crippen LogP contribution is -2.77. The molecule has 0 aromatic heterocycles. The smallest absolute Gasteiger partial charge is 0.205 e. The van der Waals surface area contributed by atoms with Gasteiger partial charge in [-0.2, -0.15) is 0 Å². The Morgan fingerprint density at radius 1 is 1.26 bits per heavy atom. The van der Waals surface area contributed by atoms with E-state index in [4.69, 9.17) is 14.2 Å². The fraction of sp³-hybridized carbons (Fsp3) is 0.500. The number of carbonyl (C=O) groups is 2. The number of fused-ring (bicyclic) bond motifs is 1. The van der Waals surface area contributed by atoms with Crippen molar-refractivity contribution in [3.63, 3.8) is 0 Å². The van der Waals surface area contributed by atoms with Crippen LogP contribution in [0.4, 0.5) is 0 Å². The highest BCUT2D eigenvalue weighted by Crippen LogP contribution is 2.69. The first-order valence-electron chi connectivity index (χ1n) is 10.4. The Bertz CT molecular complexity index is 1110. The predicted octanol–water partition coefficient (Wildman–Crippen LogP) is 3.23. The van der Waals surface area contributed by atoms with Crippen LogP contribution in [0.5, 0.6) is 17.2 Å². The minimum absolute atomic E-state index is 0.0319. The average Bonchev–Trinajstić information content (AvgIpc) is 2.83. The molecule has 2 aliphatic heterocycles. The Morgan fingerprint density at radius 3 is 2.61 bits per heavy atom. The number of allylic oxidation sites excluding steroid dienone is 1. The minimum Gasteiger partial charge on any atom is -0.508 e. The van der Waals surface area contributed by atoms with Crippen molar-refractivity contribution < 1.29 is 34.0 Å². The number of carbonyl (C=O) groups excluding carboxylic acids is 2. The van der Waals surface area contributed by atoms with E-state index in [1.165, 1.54) is 13.2 Å². The van der Waals surface area contributed by atoms with E-state index in [1.807, 2.05) is 33.8 Å². The van der Waals surface area contributed by atoms with E-state index in [0.29, 0.717) is 6.42 Å². The average molecular weight is 426 g/mol. The highest BCUT2D eigenvalue weighted by molar-refractivity contribution is 6.19. The van der Waals surface area contributed by atoms with Crippen LogP contribution in [0, 0.1) is 5.92 Å². The Kier molecular flexibility index (Phi) is 3.78. The fourth-order valence-corrected chi connectivity index (χ4v) is 6.09. The van der Waals surface area contributed by atoms with Crippen LogP contribution in [0.3, 0.4) is 0 Å². The van der Waals surface area contributed by atoms with Crippen LogP contribution < -0.4 is 4.74 Å². The van der Waals surface area contributed by atoms with Gasteiger partial charge in [-0.05, 0) is 40.2 Å². The summed E-state index contributed by atoms with van der Waals surface area (Å²) in [6.45, 7) is 7.65. The highest BCUT2D eigenvalue weighted by Gasteiger charge is 2.84. The summed E-state index contributed by atoms with van der Waals surface area (Å²) in [7, 11) is 1.46. The molecule has 0 radical (unpaired) electrons. The lowest BCUT2D eigenvalue weighted by Gasteiger charge is -2.59. The summed E-state index contributed by atoms with van der Waals surface area (Å²) in [6.07, 6.45) is 4.00. The summed E-state index contributed by atoms with van der Waals surface area (Å²) in [6, 6.07) is 2.40. The molecule has 2 heterocycles. The number of rotatable bonds is 3. The molecule has 7 nitrogen and oxygen atoms in total. The summed E-state index contributed by atoms with van der Waals surface area (Å²) in [5, 5.41) is 20.4. The van der Waals surface area contributed by atoms with E-state index in [9.17, 15) is 19.8 Å². The van der Waals surface area contributed by atoms with Crippen molar-refractivity contribution in [1.29, 1.82) is 0 Å². The second-order valence-corrected chi connectivity index (χ2v) is 9.76. The maximum absolute atomic E-state index is 14.0. The van der Waals surface area contributed by atoms with E-state index in [-0.39, 0.29) is 46.5 Å². The van der Waals surface area contributed by atoms with Gasteiger partial charge in [-0.15, -0.1) is 0 Å². The zero-order valence-electron chi connectivity index (χ0n) is 18.2. The van der Waals surface area contributed by atoms with Crippen LogP contribution >= 0.6 is 0 Å². The lowest BCUT2D eigenvalue weighted by molar-refractivity contribution is -0.189. The molecule has 1 spiro atoms. The van der Waals surface area contributed by atoms with Crippen LogP contribution in [0.25, 0.3) is 0 Å². The molecule has 0 amide bonds. The van der Waals surface area contributed by atoms with Crippen molar-refractivity contribution in [2.75, 3.05) is 7.11 Å². The van der Waals surface area contributed by atoms with Crippen molar-refractivity contribution in [3.05, 3.63) is 41.0 Å². The van der Waals surface area contributed by atoms with Gasteiger partial charge in [0.15, 0.2) is 17.0 Å². The standard InChI is InChI=1S/C24H26O7/c1-12(2)6-7-23-20(28)22(29-5)10-14-19(27)18-15(26)8-13(25)9-16(18)30-24(14,23)17(11-22)21(3,4)31-23/h6,8-10,17,25-26H,7,11H2,1-5H3/t17-,22-,23-,24+/m0/s1. The van der Waals surface area contributed by atoms with Crippen LogP contribution in [0.1, 0.15) is 50.9 Å². The number of ketones is 2. The summed E-state index contributed by atoms with van der Waals surface area (Å²) in [5.41, 5.74) is -3.73. The number of phenols is 2. The maximum Gasteiger partial charge on any atom is 0.205 e. The monoisotopic (exact) mass is 426 g/mol. The topological polar surface area (TPSA) is 102 Å². The molecule has 2 N–H and O–H groups in total. The predicted molar refractivity (Wildman–Crippen MR) is 110 cm³/mol. The van der Waals surface area contributed by atoms with Crippen molar-refractivity contribution in [2.24, 2.45) is 5.92 Å². The van der Waals surface area contributed by atoms with Gasteiger partial charge in [-0.25, -0.2) is 0 Å². The van der Waals surface area contributed by atoms with Crippen molar-refractivity contribution >= 4 is 11.6 Å². The highest BCUT2D eigenvalue weighted by atomic mass is 16.6. The summed E-state index contributed by atoms with van der Waals surface area (Å²) in [4.78, 5) is 27.7. The van der Waals surface area contributed by atoms with Crippen LogP contribution in [0.2, 0.25) is 0 Å². The third-order valence-corrected chi connectivity index (χ3v) is 7.37. The van der Waals surface area contributed by atoms with Gasteiger partial charge in [0.25, 0.3) is 0 Å². The van der Waals surface area contributed by atoms with Gasteiger partial charge in [0.05, 0.1) is 5.60 Å². The largest absolute Gasteiger partial charge is 0.508 e. The van der Waals surface area contributed by atoms with Gasteiger partial charge >= 0.3 is 0 Å². The Morgan fingerprint density at radius 2 is 1.97 bits per heavy atom. The number of hydrogen-bond acceptors (Lipinski definition) is 7. The van der Waals surface area contributed by atoms with E-state index >= 15 is 0 Å². The van der Waals surface area contributed by atoms with E-state index in [1.54, 1.807) is 6.08 Å². The number of Topliss-reactive ketones (excluding diaryl/α,β-unsaturated/α-hetero) is 2. The fourth-order valence-electron chi connectivity index (χ4n) is 6.09. The summed E-state index contributed by atoms with van der Waals surface area (Å²) >= 11 is 0. The molecule has 4 bridgehead atoms. The number of hydrogen-bond donors (Lipinski definition) is 2. The molecule has 1 aromatic rings. The van der Waals surface area contributed by atoms with Gasteiger partial charge in [0.2, 0.25) is 5.78 Å². The lowest BCUT2D eigenvalue weighted by atomic mass is 9.49. The zero-order chi connectivity index (χ0) is 22.6. The van der Waals surface area contributed by atoms with E-state index < -0.39 is 28.2 Å². The van der Waals surface area contributed by atoms with E-state index in [2.05, 4.69) is 0 Å². The van der Waals surface area contributed by atoms with Gasteiger partial charge in [0, 0.05) is 37.2 Å². The Balaban J connectivity index is 1.87. The van der Waals surface area contributed by atoms with Crippen LogP contribution in [-0.2, 0) is 14.3 Å². The van der Waals surface area contributed by atoms with Gasteiger partial charge in [-0.1, -0.05) is 11.6 Å². The first-order valence-corrected chi connectivity index (χ1v) is 10.4. The number of methoxy groups -OCH3 is 1. The van der Waals surface area contributed by atoms with Gasteiger partial charge in [-0.3, -0.25) is 9.59 Å².